The standard InChI is InChI=1S/C24H20ClN3O3/c1-30-18-11-7-10-17(15-18)22-27-24(31-28-22)21(14-16-8-3-2-4-9-16)26-23(29)19-12-5-6-13-20(19)25/h2-13,15,21H,14H2,1H3,(H,26,29)/t21-/m1/s1. The predicted octanol–water partition coefficient (Wildman–Crippen LogP) is 5.11. The second-order valence-corrected chi connectivity index (χ2v) is 7.29. The van der Waals surface area contributed by atoms with E-state index < -0.39 is 6.04 Å². The molecule has 0 aliphatic heterocycles. The molecule has 1 heterocycles. The minimum absolute atomic E-state index is 0.307. The fourth-order valence-corrected chi connectivity index (χ4v) is 3.41. The smallest absolute Gasteiger partial charge is 0.253 e. The van der Waals surface area contributed by atoms with E-state index in [1.807, 2.05) is 54.6 Å². The molecule has 0 fully saturated rings. The number of carbonyl (C=O) groups excluding carboxylic acids is 1. The van der Waals surface area contributed by atoms with Gasteiger partial charge in [0.05, 0.1) is 17.7 Å². The molecule has 0 spiro atoms. The number of hydrogen-bond acceptors (Lipinski definition) is 5. The van der Waals surface area contributed by atoms with Crippen molar-refractivity contribution in [3.05, 3.63) is 101 Å². The maximum absolute atomic E-state index is 12.9. The lowest BCUT2D eigenvalue weighted by Crippen LogP contribution is -2.30. The highest BCUT2D eigenvalue weighted by molar-refractivity contribution is 6.33. The van der Waals surface area contributed by atoms with Gasteiger partial charge in [0.25, 0.3) is 5.91 Å². The molecule has 0 aliphatic carbocycles. The van der Waals surface area contributed by atoms with Crippen LogP contribution < -0.4 is 10.1 Å². The van der Waals surface area contributed by atoms with Crippen molar-refractivity contribution in [2.75, 3.05) is 7.11 Å². The van der Waals surface area contributed by atoms with E-state index in [1.54, 1.807) is 31.4 Å². The van der Waals surface area contributed by atoms with Gasteiger partial charge in [-0.3, -0.25) is 4.79 Å². The lowest BCUT2D eigenvalue weighted by atomic mass is 10.1. The number of ether oxygens (including phenoxy) is 1. The Kier molecular flexibility index (Phi) is 6.29. The van der Waals surface area contributed by atoms with E-state index in [2.05, 4.69) is 15.5 Å². The molecule has 156 valence electrons. The summed E-state index contributed by atoms with van der Waals surface area (Å²) in [5, 5.41) is 7.46. The van der Waals surface area contributed by atoms with Gasteiger partial charge < -0.3 is 14.6 Å². The third-order valence-corrected chi connectivity index (χ3v) is 5.10. The molecule has 1 aromatic heterocycles. The minimum Gasteiger partial charge on any atom is -0.497 e. The number of methoxy groups -OCH3 is 1. The first-order valence-corrected chi connectivity index (χ1v) is 10.1. The zero-order valence-corrected chi connectivity index (χ0v) is 17.5. The Morgan fingerprint density at radius 1 is 1.06 bits per heavy atom. The van der Waals surface area contributed by atoms with Crippen LogP contribution in [0.5, 0.6) is 5.75 Å². The average molecular weight is 434 g/mol. The number of hydrogen-bond donors (Lipinski definition) is 1. The third-order valence-electron chi connectivity index (χ3n) is 4.77. The van der Waals surface area contributed by atoms with E-state index in [4.69, 9.17) is 20.9 Å². The summed E-state index contributed by atoms with van der Waals surface area (Å²) >= 11 is 6.20. The van der Waals surface area contributed by atoms with E-state index in [0.29, 0.717) is 34.5 Å². The summed E-state index contributed by atoms with van der Waals surface area (Å²) in [6.45, 7) is 0. The van der Waals surface area contributed by atoms with Crippen LogP contribution in [0.4, 0.5) is 0 Å². The van der Waals surface area contributed by atoms with Crippen LogP contribution in [0, 0.1) is 0 Å². The highest BCUT2D eigenvalue weighted by Crippen LogP contribution is 2.25. The number of amides is 1. The van der Waals surface area contributed by atoms with Crippen molar-refractivity contribution in [2.45, 2.75) is 12.5 Å². The van der Waals surface area contributed by atoms with Gasteiger partial charge in [-0.25, -0.2) is 0 Å². The lowest BCUT2D eigenvalue weighted by Gasteiger charge is -2.16. The summed E-state index contributed by atoms with van der Waals surface area (Å²) < 4.78 is 10.8. The third kappa shape index (κ3) is 4.92. The van der Waals surface area contributed by atoms with E-state index in [0.717, 1.165) is 11.1 Å². The van der Waals surface area contributed by atoms with Gasteiger partial charge in [-0.2, -0.15) is 4.98 Å². The van der Waals surface area contributed by atoms with Crippen LogP contribution in [-0.4, -0.2) is 23.2 Å². The largest absolute Gasteiger partial charge is 0.497 e. The van der Waals surface area contributed by atoms with Crippen molar-refractivity contribution >= 4 is 17.5 Å². The van der Waals surface area contributed by atoms with Crippen molar-refractivity contribution in [2.24, 2.45) is 0 Å². The van der Waals surface area contributed by atoms with Crippen LogP contribution in [0.2, 0.25) is 5.02 Å². The predicted molar refractivity (Wildman–Crippen MR) is 118 cm³/mol. The van der Waals surface area contributed by atoms with Gasteiger partial charge in [0.2, 0.25) is 11.7 Å². The first-order chi connectivity index (χ1) is 15.1. The van der Waals surface area contributed by atoms with E-state index in [1.165, 1.54) is 0 Å². The van der Waals surface area contributed by atoms with Crippen molar-refractivity contribution in [1.29, 1.82) is 0 Å². The van der Waals surface area contributed by atoms with E-state index in [-0.39, 0.29) is 5.91 Å². The van der Waals surface area contributed by atoms with Crippen LogP contribution >= 0.6 is 11.6 Å². The van der Waals surface area contributed by atoms with Crippen LogP contribution in [-0.2, 0) is 6.42 Å². The molecule has 4 rings (SSSR count). The molecule has 1 N–H and O–H groups in total. The summed E-state index contributed by atoms with van der Waals surface area (Å²) in [7, 11) is 1.60. The molecular formula is C24H20ClN3O3. The molecule has 0 saturated carbocycles. The molecule has 7 heteroatoms. The van der Waals surface area contributed by atoms with Crippen molar-refractivity contribution in [3.63, 3.8) is 0 Å². The van der Waals surface area contributed by atoms with Gasteiger partial charge in [-0.1, -0.05) is 71.4 Å². The van der Waals surface area contributed by atoms with Gasteiger partial charge in [-0.05, 0) is 29.8 Å². The first kappa shape index (κ1) is 20.6. The Labute approximate surface area is 184 Å². The second kappa shape index (κ2) is 9.45. The molecule has 0 radical (unpaired) electrons. The molecule has 1 atom stereocenters. The molecule has 0 bridgehead atoms. The molecule has 0 saturated heterocycles. The van der Waals surface area contributed by atoms with Gasteiger partial charge in [0, 0.05) is 12.0 Å². The Morgan fingerprint density at radius 3 is 2.61 bits per heavy atom. The number of carbonyl (C=O) groups is 1. The molecule has 4 aromatic rings. The number of nitrogens with zero attached hydrogens (tertiary/aromatic N) is 2. The van der Waals surface area contributed by atoms with E-state index >= 15 is 0 Å². The molecule has 1 amide bonds. The quantitative estimate of drug-likeness (QED) is 0.438. The van der Waals surface area contributed by atoms with Crippen molar-refractivity contribution in [1.82, 2.24) is 15.5 Å². The topological polar surface area (TPSA) is 77.3 Å². The Bertz CT molecular complexity index is 1180. The Hall–Kier alpha value is -3.64. The molecule has 6 nitrogen and oxygen atoms in total. The molecule has 0 aliphatic rings. The number of nitrogens with one attached hydrogen (secondary N) is 1. The highest BCUT2D eigenvalue weighted by Gasteiger charge is 2.24. The molecule has 3 aromatic carbocycles. The van der Waals surface area contributed by atoms with Crippen molar-refractivity contribution in [3.8, 4) is 17.1 Å². The SMILES string of the molecule is COc1cccc(-c2noc([C@@H](Cc3ccccc3)NC(=O)c3ccccc3Cl)n2)c1. The zero-order valence-electron chi connectivity index (χ0n) is 16.8. The average Bonchev–Trinajstić information content (AvgIpc) is 3.30. The maximum Gasteiger partial charge on any atom is 0.253 e. The number of halogens is 1. The molecule has 31 heavy (non-hydrogen) atoms. The van der Waals surface area contributed by atoms with Gasteiger partial charge in [0.15, 0.2) is 0 Å². The second-order valence-electron chi connectivity index (χ2n) is 6.88. The summed E-state index contributed by atoms with van der Waals surface area (Å²) in [6.07, 6.45) is 0.483. The van der Waals surface area contributed by atoms with Crippen LogP contribution in [0.25, 0.3) is 11.4 Å². The van der Waals surface area contributed by atoms with Crippen molar-refractivity contribution < 1.29 is 14.1 Å². The number of aromatic nitrogens is 2. The highest BCUT2D eigenvalue weighted by atomic mass is 35.5. The Balaban J connectivity index is 1.63. The van der Waals surface area contributed by atoms with Crippen LogP contribution in [0.1, 0.15) is 27.9 Å². The maximum atomic E-state index is 12.9. The molecule has 0 unspecified atom stereocenters. The number of benzene rings is 3. The summed E-state index contributed by atoms with van der Waals surface area (Å²) in [5.41, 5.74) is 2.16. The zero-order chi connectivity index (χ0) is 21.6. The van der Waals surface area contributed by atoms with Gasteiger partial charge in [0.1, 0.15) is 11.8 Å². The number of rotatable bonds is 7. The summed E-state index contributed by atoms with van der Waals surface area (Å²) in [5.74, 6) is 1.10. The molecular weight excluding hydrogens is 414 g/mol. The first-order valence-electron chi connectivity index (χ1n) is 9.71. The summed E-state index contributed by atoms with van der Waals surface area (Å²) in [4.78, 5) is 17.4. The fraction of sp³-hybridized carbons (Fsp3) is 0.125. The summed E-state index contributed by atoms with van der Waals surface area (Å²) in [6, 6.07) is 23.5. The Morgan fingerprint density at radius 2 is 1.84 bits per heavy atom. The van der Waals surface area contributed by atoms with Crippen LogP contribution in [0.3, 0.4) is 0 Å². The monoisotopic (exact) mass is 433 g/mol. The lowest BCUT2D eigenvalue weighted by molar-refractivity contribution is 0.0928. The minimum atomic E-state index is -0.530. The van der Waals surface area contributed by atoms with E-state index in [9.17, 15) is 4.79 Å². The van der Waals surface area contributed by atoms with Gasteiger partial charge >= 0.3 is 0 Å². The fourth-order valence-electron chi connectivity index (χ4n) is 3.19. The van der Waals surface area contributed by atoms with Crippen LogP contribution in [0.15, 0.2) is 83.4 Å². The normalized spacial score (nSPS) is 11.7. The van der Waals surface area contributed by atoms with Gasteiger partial charge in [-0.15, -0.1) is 0 Å².